The fourth-order valence-corrected chi connectivity index (χ4v) is 4.14. The minimum absolute atomic E-state index is 0.148. The monoisotopic (exact) mass is 287 g/mol. The Morgan fingerprint density at radius 1 is 1.24 bits per heavy atom. The molecule has 0 aromatic heterocycles. The average Bonchev–Trinajstić information content (AvgIpc) is 2.69. The molecule has 3 heteroatoms. The molecule has 2 aliphatic rings. The van der Waals surface area contributed by atoms with Gasteiger partial charge in [0.25, 0.3) is 0 Å². The van der Waals surface area contributed by atoms with Crippen molar-refractivity contribution in [2.24, 2.45) is 11.7 Å². The van der Waals surface area contributed by atoms with Crippen LogP contribution in [-0.4, -0.2) is 43.7 Å². The van der Waals surface area contributed by atoms with E-state index in [1.807, 2.05) is 0 Å². The molecule has 1 saturated heterocycles. The van der Waals surface area contributed by atoms with Crippen molar-refractivity contribution in [2.75, 3.05) is 38.1 Å². The van der Waals surface area contributed by atoms with Crippen LogP contribution >= 0.6 is 0 Å². The molecule has 1 aromatic carbocycles. The first kappa shape index (κ1) is 14.9. The molecule has 0 bridgehead atoms. The Kier molecular flexibility index (Phi) is 4.23. The molecule has 0 amide bonds. The normalized spacial score (nSPS) is 30.8. The Balaban J connectivity index is 1.96. The van der Waals surface area contributed by atoms with Crippen LogP contribution in [0.25, 0.3) is 0 Å². The standard InChI is InChI=1S/C18H29N3/c1-15-12-16-6-3-4-7-17(16)21(13-15)18(14-19)8-5-10-20(2)11-9-18/h3-4,6-7,15H,5,8-14,19H2,1-2H3. The number of nitrogens with zero attached hydrogens (tertiary/aromatic N) is 2. The van der Waals surface area contributed by atoms with E-state index < -0.39 is 0 Å². The molecule has 3 rings (SSSR count). The maximum atomic E-state index is 6.33. The van der Waals surface area contributed by atoms with Crippen molar-refractivity contribution in [3.63, 3.8) is 0 Å². The molecular formula is C18H29N3. The Labute approximate surface area is 129 Å². The number of benzene rings is 1. The molecule has 1 fully saturated rings. The molecule has 0 aliphatic carbocycles. The molecule has 2 N–H and O–H groups in total. The van der Waals surface area contributed by atoms with Crippen LogP contribution in [0, 0.1) is 5.92 Å². The van der Waals surface area contributed by atoms with Crippen molar-refractivity contribution in [2.45, 2.75) is 38.1 Å². The van der Waals surface area contributed by atoms with Gasteiger partial charge in [0, 0.05) is 25.3 Å². The van der Waals surface area contributed by atoms with Crippen LogP contribution in [0.1, 0.15) is 31.7 Å². The van der Waals surface area contributed by atoms with Crippen LogP contribution in [0.2, 0.25) is 0 Å². The highest BCUT2D eigenvalue weighted by Gasteiger charge is 2.39. The van der Waals surface area contributed by atoms with Crippen molar-refractivity contribution in [3.05, 3.63) is 29.8 Å². The smallest absolute Gasteiger partial charge is 0.0537 e. The van der Waals surface area contributed by atoms with E-state index in [9.17, 15) is 0 Å². The highest BCUT2D eigenvalue weighted by molar-refractivity contribution is 5.58. The first-order valence-electron chi connectivity index (χ1n) is 8.39. The third kappa shape index (κ3) is 2.82. The maximum Gasteiger partial charge on any atom is 0.0537 e. The zero-order chi connectivity index (χ0) is 14.9. The molecule has 21 heavy (non-hydrogen) atoms. The van der Waals surface area contributed by atoms with E-state index in [4.69, 9.17) is 5.73 Å². The minimum atomic E-state index is 0.148. The zero-order valence-electron chi connectivity index (χ0n) is 13.5. The van der Waals surface area contributed by atoms with Crippen molar-refractivity contribution in [1.82, 2.24) is 4.90 Å². The number of anilines is 1. The van der Waals surface area contributed by atoms with E-state index in [1.54, 1.807) is 0 Å². The summed E-state index contributed by atoms with van der Waals surface area (Å²) in [6, 6.07) is 8.94. The number of hydrogen-bond acceptors (Lipinski definition) is 3. The van der Waals surface area contributed by atoms with E-state index in [1.165, 1.54) is 43.5 Å². The molecule has 2 aliphatic heterocycles. The van der Waals surface area contributed by atoms with Gasteiger partial charge in [0.05, 0.1) is 5.54 Å². The summed E-state index contributed by atoms with van der Waals surface area (Å²) in [5.41, 5.74) is 9.41. The molecule has 0 radical (unpaired) electrons. The van der Waals surface area contributed by atoms with Crippen molar-refractivity contribution < 1.29 is 0 Å². The number of para-hydroxylation sites is 1. The Hall–Kier alpha value is -1.06. The largest absolute Gasteiger partial charge is 0.364 e. The van der Waals surface area contributed by atoms with E-state index in [2.05, 4.69) is 48.0 Å². The van der Waals surface area contributed by atoms with Gasteiger partial charge in [-0.25, -0.2) is 0 Å². The quantitative estimate of drug-likeness (QED) is 0.907. The predicted molar refractivity (Wildman–Crippen MR) is 89.8 cm³/mol. The lowest BCUT2D eigenvalue weighted by Crippen LogP contribution is -2.57. The summed E-state index contributed by atoms with van der Waals surface area (Å²) in [6.07, 6.45) is 4.85. The topological polar surface area (TPSA) is 32.5 Å². The van der Waals surface area contributed by atoms with E-state index in [0.717, 1.165) is 19.6 Å². The van der Waals surface area contributed by atoms with Crippen LogP contribution in [0.4, 0.5) is 5.69 Å². The number of fused-ring (bicyclic) bond motifs is 1. The molecule has 1 aromatic rings. The SMILES string of the molecule is CC1Cc2ccccc2N(C2(CN)CCCN(C)CC2)C1. The first-order valence-corrected chi connectivity index (χ1v) is 8.39. The van der Waals surface area contributed by atoms with Crippen molar-refractivity contribution in [1.29, 1.82) is 0 Å². The molecule has 0 spiro atoms. The van der Waals surface area contributed by atoms with E-state index >= 15 is 0 Å². The lowest BCUT2D eigenvalue weighted by molar-refractivity contribution is 0.304. The third-order valence-corrected chi connectivity index (χ3v) is 5.44. The van der Waals surface area contributed by atoms with Gasteiger partial charge in [0.15, 0.2) is 0 Å². The van der Waals surface area contributed by atoms with Crippen LogP contribution in [0.5, 0.6) is 0 Å². The average molecular weight is 287 g/mol. The first-order chi connectivity index (χ1) is 10.1. The molecule has 2 heterocycles. The van der Waals surface area contributed by atoms with Gasteiger partial charge in [0.1, 0.15) is 0 Å². The van der Waals surface area contributed by atoms with Gasteiger partial charge in [0.2, 0.25) is 0 Å². The van der Waals surface area contributed by atoms with Gasteiger partial charge in [-0.1, -0.05) is 25.1 Å². The highest BCUT2D eigenvalue weighted by atomic mass is 15.2. The van der Waals surface area contributed by atoms with Crippen LogP contribution in [0.3, 0.4) is 0 Å². The number of nitrogens with two attached hydrogens (primary N) is 1. The van der Waals surface area contributed by atoms with Gasteiger partial charge < -0.3 is 15.5 Å². The second-order valence-corrected chi connectivity index (χ2v) is 7.13. The summed E-state index contributed by atoms with van der Waals surface area (Å²) < 4.78 is 0. The van der Waals surface area contributed by atoms with Crippen LogP contribution in [0.15, 0.2) is 24.3 Å². The minimum Gasteiger partial charge on any atom is -0.364 e. The number of rotatable bonds is 2. The Bertz CT molecular complexity index is 487. The second-order valence-electron chi connectivity index (χ2n) is 7.13. The highest BCUT2D eigenvalue weighted by Crippen LogP contribution is 2.38. The Morgan fingerprint density at radius 2 is 2.05 bits per heavy atom. The predicted octanol–water partition coefficient (Wildman–Crippen LogP) is 2.50. The fraction of sp³-hybridized carbons (Fsp3) is 0.667. The molecular weight excluding hydrogens is 258 g/mol. The van der Waals surface area contributed by atoms with Gasteiger partial charge in [-0.3, -0.25) is 0 Å². The van der Waals surface area contributed by atoms with E-state index in [-0.39, 0.29) is 5.54 Å². The summed E-state index contributed by atoms with van der Waals surface area (Å²) in [5, 5.41) is 0. The summed E-state index contributed by atoms with van der Waals surface area (Å²) in [4.78, 5) is 5.12. The lowest BCUT2D eigenvalue weighted by atomic mass is 9.83. The second kappa shape index (κ2) is 5.98. The van der Waals surface area contributed by atoms with Gasteiger partial charge >= 0.3 is 0 Å². The molecule has 0 saturated carbocycles. The third-order valence-electron chi connectivity index (χ3n) is 5.44. The number of hydrogen-bond donors (Lipinski definition) is 1. The summed E-state index contributed by atoms with van der Waals surface area (Å²) in [7, 11) is 2.24. The van der Waals surface area contributed by atoms with E-state index in [0.29, 0.717) is 5.92 Å². The van der Waals surface area contributed by atoms with Crippen LogP contribution in [-0.2, 0) is 6.42 Å². The lowest BCUT2D eigenvalue weighted by Gasteiger charge is -2.49. The fourth-order valence-electron chi connectivity index (χ4n) is 4.14. The zero-order valence-corrected chi connectivity index (χ0v) is 13.5. The van der Waals surface area contributed by atoms with Gasteiger partial charge in [-0.2, -0.15) is 0 Å². The summed E-state index contributed by atoms with van der Waals surface area (Å²) in [5.74, 6) is 0.712. The van der Waals surface area contributed by atoms with Crippen molar-refractivity contribution in [3.8, 4) is 0 Å². The molecule has 2 unspecified atom stereocenters. The Morgan fingerprint density at radius 3 is 2.86 bits per heavy atom. The summed E-state index contributed by atoms with van der Waals surface area (Å²) >= 11 is 0. The summed E-state index contributed by atoms with van der Waals surface area (Å²) in [6.45, 7) is 6.65. The maximum absolute atomic E-state index is 6.33. The van der Waals surface area contributed by atoms with Crippen LogP contribution < -0.4 is 10.6 Å². The molecule has 3 nitrogen and oxygen atoms in total. The van der Waals surface area contributed by atoms with Crippen molar-refractivity contribution >= 4 is 5.69 Å². The molecule has 2 atom stereocenters. The molecule has 116 valence electrons. The van der Waals surface area contributed by atoms with Gasteiger partial charge in [-0.15, -0.1) is 0 Å². The van der Waals surface area contributed by atoms with Gasteiger partial charge in [-0.05, 0) is 56.8 Å². The number of likely N-dealkylation sites (tertiary alicyclic amines) is 1.